The Morgan fingerprint density at radius 2 is 2.07 bits per heavy atom. The quantitative estimate of drug-likeness (QED) is 0.339. The van der Waals surface area contributed by atoms with Gasteiger partial charge in [-0.05, 0) is 26.0 Å². The molecule has 0 amide bonds. The number of hydrogen-bond donors (Lipinski definition) is 2. The normalized spacial score (nSPS) is 11.6. The summed E-state index contributed by atoms with van der Waals surface area (Å²) in [6.45, 7) is 4.33. The highest BCUT2D eigenvalue weighted by Crippen LogP contribution is 2.07. The number of rotatable bonds is 4. The predicted molar refractivity (Wildman–Crippen MR) is 61.8 cm³/mol. The van der Waals surface area contributed by atoms with Crippen molar-refractivity contribution in [2.45, 2.75) is 19.9 Å². The predicted octanol–water partition coefficient (Wildman–Crippen LogP) is 1.34. The van der Waals surface area contributed by atoms with E-state index in [0.29, 0.717) is 12.4 Å². The van der Waals surface area contributed by atoms with Crippen LogP contribution in [0.25, 0.3) is 0 Å². The van der Waals surface area contributed by atoms with Crippen LogP contribution in [0.2, 0.25) is 0 Å². The largest absolute Gasteiger partial charge is 0.486 e. The zero-order valence-electron chi connectivity index (χ0n) is 9.10. The SMILES string of the molecule is CC(C)N=C(COc1ccccc1)NN. The van der Waals surface area contributed by atoms with Gasteiger partial charge in [0.15, 0.2) is 0 Å². The third kappa shape index (κ3) is 4.46. The number of benzene rings is 1. The summed E-state index contributed by atoms with van der Waals surface area (Å²) in [4.78, 5) is 4.27. The first-order valence-electron chi connectivity index (χ1n) is 4.93. The number of aliphatic imine (C=N–C) groups is 1. The minimum Gasteiger partial charge on any atom is -0.486 e. The van der Waals surface area contributed by atoms with Gasteiger partial charge in [-0.3, -0.25) is 4.99 Å². The summed E-state index contributed by atoms with van der Waals surface area (Å²) >= 11 is 0. The van der Waals surface area contributed by atoms with Crippen molar-refractivity contribution >= 4 is 5.84 Å². The molecule has 0 fully saturated rings. The summed E-state index contributed by atoms with van der Waals surface area (Å²) < 4.78 is 5.49. The second-order valence-electron chi connectivity index (χ2n) is 3.42. The monoisotopic (exact) mass is 207 g/mol. The Morgan fingerprint density at radius 3 is 2.60 bits per heavy atom. The Bertz CT molecular complexity index is 309. The Balaban J connectivity index is 2.48. The van der Waals surface area contributed by atoms with Gasteiger partial charge in [0.1, 0.15) is 18.2 Å². The molecule has 0 atom stereocenters. The molecular formula is C11H17N3O. The third-order valence-electron chi connectivity index (χ3n) is 1.70. The fourth-order valence-corrected chi connectivity index (χ4v) is 1.10. The molecule has 1 aromatic rings. The van der Waals surface area contributed by atoms with Gasteiger partial charge in [-0.25, -0.2) is 5.84 Å². The maximum absolute atomic E-state index is 5.49. The smallest absolute Gasteiger partial charge is 0.149 e. The van der Waals surface area contributed by atoms with Gasteiger partial charge in [0.25, 0.3) is 0 Å². The number of nitrogens with zero attached hydrogens (tertiary/aromatic N) is 1. The standard InChI is InChI=1S/C11H17N3O/c1-9(2)13-11(14-12)8-15-10-6-4-3-5-7-10/h3-7,9H,8,12H2,1-2H3,(H,13,14). The van der Waals surface area contributed by atoms with Crippen LogP contribution in [-0.4, -0.2) is 18.5 Å². The zero-order chi connectivity index (χ0) is 11.1. The van der Waals surface area contributed by atoms with Crippen LogP contribution in [0.5, 0.6) is 5.75 Å². The van der Waals surface area contributed by atoms with E-state index >= 15 is 0 Å². The molecular weight excluding hydrogens is 190 g/mol. The lowest BCUT2D eigenvalue weighted by molar-refractivity contribution is 0.371. The number of ether oxygens (including phenoxy) is 1. The number of hydrogen-bond acceptors (Lipinski definition) is 3. The van der Waals surface area contributed by atoms with Crippen molar-refractivity contribution in [3.8, 4) is 5.75 Å². The lowest BCUT2D eigenvalue weighted by Crippen LogP contribution is -2.35. The van der Waals surface area contributed by atoms with E-state index in [9.17, 15) is 0 Å². The first-order valence-corrected chi connectivity index (χ1v) is 4.93. The van der Waals surface area contributed by atoms with Crippen LogP contribution in [0, 0.1) is 0 Å². The van der Waals surface area contributed by atoms with E-state index in [0.717, 1.165) is 5.75 Å². The van der Waals surface area contributed by atoms with Crippen LogP contribution in [0.15, 0.2) is 35.3 Å². The maximum atomic E-state index is 5.49. The molecule has 15 heavy (non-hydrogen) atoms. The van der Waals surface area contributed by atoms with Crippen molar-refractivity contribution in [1.82, 2.24) is 5.43 Å². The molecule has 0 saturated heterocycles. The van der Waals surface area contributed by atoms with Crippen molar-refractivity contribution in [1.29, 1.82) is 0 Å². The Morgan fingerprint density at radius 1 is 1.40 bits per heavy atom. The summed E-state index contributed by atoms with van der Waals surface area (Å²) in [6.07, 6.45) is 0. The summed E-state index contributed by atoms with van der Waals surface area (Å²) in [5.74, 6) is 6.78. The van der Waals surface area contributed by atoms with Gasteiger partial charge in [0, 0.05) is 6.04 Å². The van der Waals surface area contributed by atoms with Gasteiger partial charge in [-0.2, -0.15) is 0 Å². The van der Waals surface area contributed by atoms with Crippen LogP contribution >= 0.6 is 0 Å². The Kier molecular flexibility index (Phi) is 4.63. The van der Waals surface area contributed by atoms with Crippen molar-refractivity contribution in [2.24, 2.45) is 10.8 Å². The van der Waals surface area contributed by atoms with E-state index in [-0.39, 0.29) is 6.04 Å². The molecule has 3 N–H and O–H groups in total. The molecule has 0 bridgehead atoms. The van der Waals surface area contributed by atoms with Crippen molar-refractivity contribution in [2.75, 3.05) is 6.61 Å². The molecule has 0 aliphatic carbocycles. The number of hydrazine groups is 1. The fraction of sp³-hybridized carbons (Fsp3) is 0.364. The molecule has 82 valence electrons. The van der Waals surface area contributed by atoms with Crippen LogP contribution in [0.3, 0.4) is 0 Å². The zero-order valence-corrected chi connectivity index (χ0v) is 9.10. The number of nitrogens with two attached hydrogens (primary N) is 1. The molecule has 0 spiro atoms. The third-order valence-corrected chi connectivity index (χ3v) is 1.70. The summed E-state index contributed by atoms with van der Waals surface area (Å²) in [5.41, 5.74) is 2.53. The maximum Gasteiger partial charge on any atom is 0.149 e. The molecule has 0 aliphatic rings. The number of para-hydroxylation sites is 1. The molecule has 4 heteroatoms. The minimum absolute atomic E-state index is 0.204. The lowest BCUT2D eigenvalue weighted by atomic mass is 10.3. The van der Waals surface area contributed by atoms with Crippen LogP contribution in [0.4, 0.5) is 0 Å². The molecule has 0 saturated carbocycles. The molecule has 4 nitrogen and oxygen atoms in total. The summed E-state index contributed by atoms with van der Waals surface area (Å²) in [5, 5.41) is 0. The molecule has 0 aliphatic heterocycles. The van der Waals surface area contributed by atoms with Crippen molar-refractivity contribution < 1.29 is 4.74 Å². The van der Waals surface area contributed by atoms with Gasteiger partial charge < -0.3 is 10.2 Å². The molecule has 0 radical (unpaired) electrons. The van der Waals surface area contributed by atoms with E-state index < -0.39 is 0 Å². The molecule has 0 aromatic heterocycles. The fourth-order valence-electron chi connectivity index (χ4n) is 1.10. The minimum atomic E-state index is 0.204. The van der Waals surface area contributed by atoms with E-state index in [1.807, 2.05) is 44.2 Å². The molecule has 1 rings (SSSR count). The Hall–Kier alpha value is -1.55. The van der Waals surface area contributed by atoms with Crippen molar-refractivity contribution in [3.63, 3.8) is 0 Å². The highest BCUT2D eigenvalue weighted by Gasteiger charge is 1.99. The second-order valence-corrected chi connectivity index (χ2v) is 3.42. The van der Waals surface area contributed by atoms with E-state index in [1.165, 1.54) is 0 Å². The average Bonchev–Trinajstić information content (AvgIpc) is 2.25. The first-order chi connectivity index (χ1) is 7.22. The Labute approximate surface area is 90.1 Å². The highest BCUT2D eigenvalue weighted by atomic mass is 16.5. The number of amidine groups is 1. The van der Waals surface area contributed by atoms with Crippen LogP contribution in [-0.2, 0) is 0 Å². The van der Waals surface area contributed by atoms with E-state index in [1.54, 1.807) is 0 Å². The van der Waals surface area contributed by atoms with E-state index in [2.05, 4.69) is 10.4 Å². The highest BCUT2D eigenvalue weighted by molar-refractivity contribution is 5.83. The number of nitrogens with one attached hydrogen (secondary N) is 1. The van der Waals surface area contributed by atoms with Gasteiger partial charge >= 0.3 is 0 Å². The van der Waals surface area contributed by atoms with Crippen LogP contribution < -0.4 is 16.0 Å². The van der Waals surface area contributed by atoms with Crippen molar-refractivity contribution in [3.05, 3.63) is 30.3 Å². The first kappa shape index (κ1) is 11.5. The van der Waals surface area contributed by atoms with E-state index in [4.69, 9.17) is 10.6 Å². The van der Waals surface area contributed by atoms with Gasteiger partial charge in [0.05, 0.1) is 0 Å². The topological polar surface area (TPSA) is 59.6 Å². The lowest BCUT2D eigenvalue weighted by Gasteiger charge is -2.09. The van der Waals surface area contributed by atoms with Gasteiger partial charge in [0.2, 0.25) is 0 Å². The summed E-state index contributed by atoms with van der Waals surface area (Å²) in [6, 6.07) is 9.77. The van der Waals surface area contributed by atoms with Gasteiger partial charge in [-0.15, -0.1) is 0 Å². The van der Waals surface area contributed by atoms with Crippen LogP contribution in [0.1, 0.15) is 13.8 Å². The summed E-state index contributed by atoms with van der Waals surface area (Å²) in [7, 11) is 0. The average molecular weight is 207 g/mol. The molecule has 1 aromatic carbocycles. The van der Waals surface area contributed by atoms with Gasteiger partial charge in [-0.1, -0.05) is 18.2 Å². The molecule has 0 unspecified atom stereocenters. The second kappa shape index (κ2) is 6.03. The molecule has 0 heterocycles.